The first-order valence-corrected chi connectivity index (χ1v) is 6.73. The Balaban J connectivity index is 4.20. The van der Waals surface area contributed by atoms with Crippen molar-refractivity contribution in [3.05, 3.63) is 0 Å². The summed E-state index contributed by atoms with van der Waals surface area (Å²) in [6.07, 6.45) is 3.97. The minimum Gasteiger partial charge on any atom is -0.382 e. The third-order valence-corrected chi connectivity index (χ3v) is 3.68. The number of rotatable bonds is 9. The van der Waals surface area contributed by atoms with E-state index in [-0.39, 0.29) is 0 Å². The zero-order valence-electron chi connectivity index (χ0n) is 12.1. The summed E-state index contributed by atoms with van der Waals surface area (Å²) >= 11 is 0. The Labute approximate surface area is 102 Å². The molecule has 0 bridgehead atoms. The summed E-state index contributed by atoms with van der Waals surface area (Å²) in [4.78, 5) is 0. The highest BCUT2D eigenvalue weighted by Crippen LogP contribution is 2.32. The van der Waals surface area contributed by atoms with Crippen LogP contribution in [0.15, 0.2) is 0 Å². The molecule has 0 radical (unpaired) electrons. The maximum absolute atomic E-state index is 5.41. The molecule has 0 aliphatic carbocycles. The summed E-state index contributed by atoms with van der Waals surface area (Å²) in [6, 6.07) is 0. The second-order valence-electron chi connectivity index (χ2n) is 5.48. The third kappa shape index (κ3) is 5.86. The fourth-order valence-electron chi connectivity index (χ4n) is 2.18. The van der Waals surface area contributed by atoms with Crippen LogP contribution in [0.1, 0.15) is 53.9 Å². The molecule has 0 amide bonds. The van der Waals surface area contributed by atoms with Gasteiger partial charge in [-0.15, -0.1) is 0 Å². The van der Waals surface area contributed by atoms with E-state index in [1.807, 2.05) is 7.11 Å². The fraction of sp³-hybridized carbons (Fsp3) is 1.00. The molecule has 0 aromatic rings. The number of nitrogens with one attached hydrogen (secondary N) is 1. The zero-order chi connectivity index (χ0) is 12.6. The Bertz CT molecular complexity index is 164. The molecule has 2 nitrogen and oxygen atoms in total. The van der Waals surface area contributed by atoms with Crippen LogP contribution in [-0.2, 0) is 4.74 Å². The highest BCUT2D eigenvalue weighted by atomic mass is 16.5. The normalized spacial score (nSPS) is 14.4. The Kier molecular flexibility index (Phi) is 8.04. The van der Waals surface area contributed by atoms with Crippen LogP contribution < -0.4 is 5.32 Å². The molecule has 0 spiro atoms. The van der Waals surface area contributed by atoms with E-state index in [2.05, 4.69) is 39.9 Å². The molecule has 1 atom stereocenters. The lowest BCUT2D eigenvalue weighted by Gasteiger charge is -2.34. The zero-order valence-corrected chi connectivity index (χ0v) is 12.1. The molecule has 98 valence electrons. The molecule has 16 heavy (non-hydrogen) atoms. The summed E-state index contributed by atoms with van der Waals surface area (Å²) in [5.41, 5.74) is 0.407. The third-order valence-electron chi connectivity index (χ3n) is 3.68. The Morgan fingerprint density at radius 2 is 1.69 bits per heavy atom. The average molecular weight is 229 g/mol. The molecule has 0 aromatic heterocycles. The van der Waals surface area contributed by atoms with Crippen molar-refractivity contribution >= 4 is 0 Å². The summed E-state index contributed by atoms with van der Waals surface area (Å²) in [7, 11) is 1.81. The summed E-state index contributed by atoms with van der Waals surface area (Å²) in [5, 5.41) is 3.60. The van der Waals surface area contributed by atoms with Crippen LogP contribution in [0.4, 0.5) is 0 Å². The smallest absolute Gasteiger partial charge is 0.0549 e. The van der Waals surface area contributed by atoms with E-state index in [4.69, 9.17) is 4.74 Å². The van der Waals surface area contributed by atoms with E-state index in [9.17, 15) is 0 Å². The van der Waals surface area contributed by atoms with Crippen molar-refractivity contribution in [2.75, 3.05) is 20.2 Å². The highest BCUT2D eigenvalue weighted by Gasteiger charge is 2.27. The van der Waals surface area contributed by atoms with E-state index in [1.165, 1.54) is 12.8 Å². The van der Waals surface area contributed by atoms with Crippen LogP contribution in [0, 0.1) is 11.3 Å². The van der Waals surface area contributed by atoms with Gasteiger partial charge in [0.1, 0.15) is 0 Å². The van der Waals surface area contributed by atoms with Crippen molar-refractivity contribution in [2.45, 2.75) is 60.0 Å². The van der Waals surface area contributed by atoms with Crippen molar-refractivity contribution in [1.82, 2.24) is 5.32 Å². The van der Waals surface area contributed by atoms with Crippen molar-refractivity contribution in [1.29, 1.82) is 0 Å². The minimum absolute atomic E-state index is 0.362. The predicted molar refractivity (Wildman–Crippen MR) is 71.8 cm³/mol. The lowest BCUT2D eigenvalue weighted by molar-refractivity contribution is 0.0587. The van der Waals surface area contributed by atoms with E-state index in [0.29, 0.717) is 11.5 Å². The Morgan fingerprint density at radius 1 is 1.12 bits per heavy atom. The van der Waals surface area contributed by atoms with Gasteiger partial charge >= 0.3 is 0 Å². The second-order valence-corrected chi connectivity index (χ2v) is 5.48. The molecule has 0 saturated heterocycles. The Morgan fingerprint density at radius 3 is 2.06 bits per heavy atom. The summed E-state index contributed by atoms with van der Waals surface area (Å²) in [6.45, 7) is 13.5. The van der Waals surface area contributed by atoms with Gasteiger partial charge in [0.05, 0.1) is 6.10 Å². The average Bonchev–Trinajstić information content (AvgIpc) is 2.27. The molecule has 2 heteroatoms. The van der Waals surface area contributed by atoms with E-state index >= 15 is 0 Å². The lowest BCUT2D eigenvalue weighted by atomic mass is 9.77. The van der Waals surface area contributed by atoms with Gasteiger partial charge in [0.15, 0.2) is 0 Å². The summed E-state index contributed by atoms with van der Waals surface area (Å²) in [5.74, 6) is 0.728. The molecular formula is C14H31NO. The van der Waals surface area contributed by atoms with Crippen LogP contribution >= 0.6 is 0 Å². The molecule has 0 aliphatic rings. The van der Waals surface area contributed by atoms with Crippen molar-refractivity contribution in [3.8, 4) is 0 Å². The molecular weight excluding hydrogens is 198 g/mol. The van der Waals surface area contributed by atoms with Gasteiger partial charge in [-0.3, -0.25) is 0 Å². The van der Waals surface area contributed by atoms with Gasteiger partial charge in [0.25, 0.3) is 0 Å². The molecule has 1 N–H and O–H groups in total. The molecule has 0 aliphatic heterocycles. The molecule has 0 fully saturated rings. The first-order chi connectivity index (χ1) is 7.49. The van der Waals surface area contributed by atoms with Gasteiger partial charge in [0.2, 0.25) is 0 Å². The predicted octanol–water partition coefficient (Wildman–Crippen LogP) is 3.46. The van der Waals surface area contributed by atoms with Gasteiger partial charge in [-0.1, -0.05) is 27.7 Å². The second kappa shape index (κ2) is 8.08. The maximum Gasteiger partial charge on any atom is 0.0549 e. The van der Waals surface area contributed by atoms with Crippen LogP contribution in [-0.4, -0.2) is 26.3 Å². The van der Waals surface area contributed by atoms with Crippen molar-refractivity contribution in [2.24, 2.45) is 11.3 Å². The maximum atomic E-state index is 5.41. The molecule has 0 rings (SSSR count). The van der Waals surface area contributed by atoms with Gasteiger partial charge in [-0.2, -0.15) is 0 Å². The quantitative estimate of drug-likeness (QED) is 0.654. The molecule has 1 unspecified atom stereocenters. The first-order valence-electron chi connectivity index (χ1n) is 6.73. The largest absolute Gasteiger partial charge is 0.382 e. The van der Waals surface area contributed by atoms with Gasteiger partial charge in [-0.25, -0.2) is 0 Å². The van der Waals surface area contributed by atoms with Gasteiger partial charge in [0, 0.05) is 13.7 Å². The topological polar surface area (TPSA) is 21.3 Å². The van der Waals surface area contributed by atoms with Crippen LogP contribution in [0.25, 0.3) is 0 Å². The lowest BCUT2D eigenvalue weighted by Crippen LogP contribution is -2.37. The van der Waals surface area contributed by atoms with Crippen LogP contribution in [0.3, 0.4) is 0 Å². The van der Waals surface area contributed by atoms with E-state index < -0.39 is 0 Å². The van der Waals surface area contributed by atoms with Gasteiger partial charge < -0.3 is 10.1 Å². The number of ether oxygens (including phenoxy) is 1. The standard InChI is InChI=1S/C14H31NO/c1-7-14(8-2,9-13(5)16-6)11-15-10-12(3)4/h12-13,15H,7-11H2,1-6H3. The van der Waals surface area contributed by atoms with E-state index in [1.54, 1.807) is 0 Å². The van der Waals surface area contributed by atoms with Crippen molar-refractivity contribution < 1.29 is 4.74 Å². The SMILES string of the molecule is CCC(CC)(CNCC(C)C)CC(C)OC. The Hall–Kier alpha value is -0.0800. The number of hydrogen-bond donors (Lipinski definition) is 1. The highest BCUT2D eigenvalue weighted by molar-refractivity contribution is 4.81. The molecule has 0 heterocycles. The minimum atomic E-state index is 0.362. The summed E-state index contributed by atoms with van der Waals surface area (Å²) < 4.78 is 5.41. The molecule has 0 saturated carbocycles. The molecule has 0 aromatic carbocycles. The number of hydrogen-bond acceptors (Lipinski definition) is 2. The van der Waals surface area contributed by atoms with Crippen molar-refractivity contribution in [3.63, 3.8) is 0 Å². The van der Waals surface area contributed by atoms with Gasteiger partial charge in [-0.05, 0) is 44.1 Å². The van der Waals surface area contributed by atoms with E-state index in [0.717, 1.165) is 25.4 Å². The monoisotopic (exact) mass is 229 g/mol. The fourth-order valence-corrected chi connectivity index (χ4v) is 2.18. The number of methoxy groups -OCH3 is 1. The van der Waals surface area contributed by atoms with Crippen LogP contribution in [0.2, 0.25) is 0 Å². The van der Waals surface area contributed by atoms with Crippen LogP contribution in [0.5, 0.6) is 0 Å². The first kappa shape index (κ1) is 15.9.